The van der Waals surface area contributed by atoms with Gasteiger partial charge in [0.15, 0.2) is 0 Å². The van der Waals surface area contributed by atoms with E-state index in [1.54, 1.807) is 12.1 Å². The number of nitrogens with zero attached hydrogens (tertiary/aromatic N) is 1. The van der Waals surface area contributed by atoms with Gasteiger partial charge in [-0.05, 0) is 36.2 Å². The van der Waals surface area contributed by atoms with Crippen molar-refractivity contribution in [3.63, 3.8) is 0 Å². The van der Waals surface area contributed by atoms with Crippen LogP contribution in [-0.2, 0) is 6.54 Å². The molecule has 0 bridgehead atoms. The minimum absolute atomic E-state index is 0.154. The summed E-state index contributed by atoms with van der Waals surface area (Å²) in [4.78, 5) is 10.3. The van der Waals surface area contributed by atoms with Gasteiger partial charge in [-0.25, -0.2) is 0 Å². The quantitative estimate of drug-likeness (QED) is 0.670. The van der Waals surface area contributed by atoms with Gasteiger partial charge in [0.05, 0.1) is 4.92 Å². The fourth-order valence-electron chi connectivity index (χ4n) is 3.50. The van der Waals surface area contributed by atoms with Gasteiger partial charge in [-0.3, -0.25) is 10.1 Å². The number of nitrogens with one attached hydrogen (secondary N) is 1. The van der Waals surface area contributed by atoms with E-state index in [4.69, 9.17) is 0 Å². The maximum absolute atomic E-state index is 10.6. The van der Waals surface area contributed by atoms with Crippen LogP contribution in [0.3, 0.4) is 0 Å². The van der Waals surface area contributed by atoms with Crippen LogP contribution in [-0.4, -0.2) is 11.0 Å². The van der Waals surface area contributed by atoms with Crippen molar-refractivity contribution in [2.75, 3.05) is 0 Å². The lowest BCUT2D eigenvalue weighted by atomic mass is 9.70. The first-order valence-corrected chi connectivity index (χ1v) is 7.32. The number of hydrogen-bond acceptors (Lipinski definition) is 3. The second kappa shape index (κ2) is 5.92. The molecular formula is C16H24N2O2. The second-order valence-electron chi connectivity index (χ2n) is 6.91. The van der Waals surface area contributed by atoms with Gasteiger partial charge >= 0.3 is 0 Å². The molecule has 0 heterocycles. The van der Waals surface area contributed by atoms with E-state index >= 15 is 0 Å². The fourth-order valence-corrected chi connectivity index (χ4v) is 3.50. The van der Waals surface area contributed by atoms with Crippen molar-refractivity contribution in [1.29, 1.82) is 0 Å². The third-order valence-electron chi connectivity index (χ3n) is 4.13. The lowest BCUT2D eigenvalue weighted by molar-refractivity contribution is -0.384. The predicted molar refractivity (Wildman–Crippen MR) is 80.5 cm³/mol. The Kier molecular flexibility index (Phi) is 4.43. The van der Waals surface area contributed by atoms with Gasteiger partial charge in [0, 0.05) is 24.7 Å². The van der Waals surface area contributed by atoms with Crippen molar-refractivity contribution in [1.82, 2.24) is 5.32 Å². The van der Waals surface area contributed by atoms with Crippen molar-refractivity contribution >= 4 is 5.69 Å². The molecule has 0 spiro atoms. The molecule has 2 atom stereocenters. The first-order valence-electron chi connectivity index (χ1n) is 7.32. The zero-order chi connectivity index (χ0) is 14.8. The highest BCUT2D eigenvalue weighted by Gasteiger charge is 2.31. The molecule has 0 aromatic heterocycles. The van der Waals surface area contributed by atoms with E-state index in [-0.39, 0.29) is 10.6 Å². The van der Waals surface area contributed by atoms with Gasteiger partial charge < -0.3 is 5.32 Å². The molecule has 0 amide bonds. The molecule has 20 heavy (non-hydrogen) atoms. The fraction of sp³-hybridized carbons (Fsp3) is 0.625. The summed E-state index contributed by atoms with van der Waals surface area (Å²) < 4.78 is 0. The number of non-ortho nitro benzene ring substituents is 1. The van der Waals surface area contributed by atoms with Crippen LogP contribution in [0, 0.1) is 21.4 Å². The molecule has 4 heteroatoms. The number of nitro groups is 1. The summed E-state index contributed by atoms with van der Waals surface area (Å²) in [7, 11) is 0. The van der Waals surface area contributed by atoms with Crippen molar-refractivity contribution in [2.45, 2.75) is 52.6 Å². The van der Waals surface area contributed by atoms with E-state index in [2.05, 4.69) is 26.1 Å². The Labute approximate surface area is 120 Å². The van der Waals surface area contributed by atoms with Crippen LogP contribution in [0.2, 0.25) is 0 Å². The monoisotopic (exact) mass is 276 g/mol. The molecule has 0 saturated heterocycles. The standard InChI is InChI=1S/C16H24N2O2/c1-12-8-14(10-16(2,3)9-12)17-11-13-4-6-15(7-5-13)18(19)20/h4-7,12,14,17H,8-11H2,1-3H3. The molecule has 2 rings (SSSR count). The van der Waals surface area contributed by atoms with Crippen LogP contribution in [0.4, 0.5) is 5.69 Å². The molecule has 1 N–H and O–H groups in total. The summed E-state index contributed by atoms with van der Waals surface area (Å²) in [5.41, 5.74) is 1.66. The van der Waals surface area contributed by atoms with Gasteiger partial charge in [-0.15, -0.1) is 0 Å². The molecule has 1 aromatic carbocycles. The summed E-state index contributed by atoms with van der Waals surface area (Å²) >= 11 is 0. The lowest BCUT2D eigenvalue weighted by Gasteiger charge is -2.39. The Bertz CT molecular complexity index is 468. The van der Waals surface area contributed by atoms with E-state index in [1.807, 2.05) is 12.1 Å². The summed E-state index contributed by atoms with van der Waals surface area (Å²) in [5.74, 6) is 0.758. The van der Waals surface area contributed by atoms with Gasteiger partial charge in [-0.1, -0.05) is 32.9 Å². The number of nitro benzene ring substituents is 1. The van der Waals surface area contributed by atoms with E-state index < -0.39 is 0 Å². The second-order valence-corrected chi connectivity index (χ2v) is 6.91. The average Bonchev–Trinajstić information content (AvgIpc) is 2.34. The number of rotatable bonds is 4. The third-order valence-corrected chi connectivity index (χ3v) is 4.13. The van der Waals surface area contributed by atoms with Crippen LogP contribution >= 0.6 is 0 Å². The molecule has 4 nitrogen and oxygen atoms in total. The molecule has 1 aliphatic carbocycles. The topological polar surface area (TPSA) is 55.2 Å². The molecule has 0 aliphatic heterocycles. The maximum atomic E-state index is 10.6. The Hall–Kier alpha value is -1.42. The zero-order valence-corrected chi connectivity index (χ0v) is 12.6. The first kappa shape index (κ1) is 15.0. The molecular weight excluding hydrogens is 252 g/mol. The minimum Gasteiger partial charge on any atom is -0.310 e. The third kappa shape index (κ3) is 4.04. The Balaban J connectivity index is 1.90. The van der Waals surface area contributed by atoms with Crippen LogP contribution in [0.1, 0.15) is 45.6 Å². The van der Waals surface area contributed by atoms with Crippen molar-refractivity contribution in [3.8, 4) is 0 Å². The zero-order valence-electron chi connectivity index (χ0n) is 12.6. The summed E-state index contributed by atoms with van der Waals surface area (Å²) in [6.07, 6.45) is 3.71. The van der Waals surface area contributed by atoms with Crippen LogP contribution in [0.15, 0.2) is 24.3 Å². The van der Waals surface area contributed by atoms with Crippen LogP contribution < -0.4 is 5.32 Å². The van der Waals surface area contributed by atoms with E-state index in [0.717, 1.165) is 18.0 Å². The smallest absolute Gasteiger partial charge is 0.269 e. The predicted octanol–water partition coefficient (Wildman–Crippen LogP) is 3.90. The number of hydrogen-bond donors (Lipinski definition) is 1. The first-order chi connectivity index (χ1) is 9.35. The van der Waals surface area contributed by atoms with E-state index in [9.17, 15) is 10.1 Å². The van der Waals surface area contributed by atoms with Crippen LogP contribution in [0.25, 0.3) is 0 Å². The molecule has 1 aromatic rings. The molecule has 2 unspecified atom stereocenters. The Morgan fingerprint density at radius 1 is 1.30 bits per heavy atom. The lowest BCUT2D eigenvalue weighted by Crippen LogP contribution is -2.39. The van der Waals surface area contributed by atoms with Gasteiger partial charge in [0.2, 0.25) is 0 Å². The highest BCUT2D eigenvalue weighted by Crippen LogP contribution is 2.38. The highest BCUT2D eigenvalue weighted by molar-refractivity contribution is 5.32. The molecule has 1 fully saturated rings. The summed E-state index contributed by atoms with van der Waals surface area (Å²) in [5, 5.41) is 14.2. The average molecular weight is 276 g/mol. The summed E-state index contributed by atoms with van der Waals surface area (Å²) in [6.45, 7) is 7.78. The number of benzene rings is 1. The van der Waals surface area contributed by atoms with E-state index in [0.29, 0.717) is 11.5 Å². The van der Waals surface area contributed by atoms with Gasteiger partial charge in [-0.2, -0.15) is 0 Å². The van der Waals surface area contributed by atoms with Gasteiger partial charge in [0.25, 0.3) is 5.69 Å². The molecule has 110 valence electrons. The SMILES string of the molecule is CC1CC(NCc2ccc([N+](=O)[O-])cc2)CC(C)(C)C1. The van der Waals surface area contributed by atoms with Crippen LogP contribution in [0.5, 0.6) is 0 Å². The van der Waals surface area contributed by atoms with Crippen molar-refractivity contribution in [2.24, 2.45) is 11.3 Å². The van der Waals surface area contributed by atoms with Crippen molar-refractivity contribution in [3.05, 3.63) is 39.9 Å². The molecule has 1 aliphatic rings. The van der Waals surface area contributed by atoms with Crippen molar-refractivity contribution < 1.29 is 4.92 Å². The Morgan fingerprint density at radius 3 is 2.50 bits per heavy atom. The highest BCUT2D eigenvalue weighted by atomic mass is 16.6. The summed E-state index contributed by atoms with van der Waals surface area (Å²) in [6, 6.07) is 7.36. The Morgan fingerprint density at radius 2 is 1.95 bits per heavy atom. The molecule has 0 radical (unpaired) electrons. The largest absolute Gasteiger partial charge is 0.310 e. The van der Waals surface area contributed by atoms with Gasteiger partial charge in [0.1, 0.15) is 0 Å². The maximum Gasteiger partial charge on any atom is 0.269 e. The normalized spacial score (nSPS) is 25.4. The molecule has 1 saturated carbocycles. The van der Waals surface area contributed by atoms with E-state index in [1.165, 1.54) is 19.3 Å². The minimum atomic E-state index is -0.359.